The highest BCUT2D eigenvalue weighted by atomic mass is 16.2. The van der Waals surface area contributed by atoms with E-state index in [9.17, 15) is 4.79 Å². The Hall–Kier alpha value is -0.570. The number of unbranched alkanes of at least 4 members (excludes halogenated alkanes) is 2. The van der Waals surface area contributed by atoms with Gasteiger partial charge in [-0.2, -0.15) is 0 Å². The minimum atomic E-state index is -0.244. The van der Waals surface area contributed by atoms with Crippen LogP contribution in [-0.2, 0) is 4.79 Å². The summed E-state index contributed by atoms with van der Waals surface area (Å²) in [6.07, 6.45) is 5.82. The second-order valence-corrected chi connectivity index (χ2v) is 5.78. The van der Waals surface area contributed by atoms with Gasteiger partial charge in [-0.3, -0.25) is 4.79 Å². The third-order valence-electron chi connectivity index (χ3n) is 3.41. The van der Waals surface area contributed by atoms with E-state index in [0.29, 0.717) is 0 Å². The molecule has 1 aliphatic rings. The van der Waals surface area contributed by atoms with Crippen LogP contribution in [0, 0.1) is 5.41 Å². The Kier molecular flexibility index (Phi) is 4.78. The van der Waals surface area contributed by atoms with E-state index in [4.69, 9.17) is 5.73 Å². The molecule has 0 saturated carbocycles. The molecule has 0 aromatic heterocycles. The van der Waals surface area contributed by atoms with Crippen molar-refractivity contribution in [1.29, 1.82) is 0 Å². The van der Waals surface area contributed by atoms with Crippen LogP contribution in [0.15, 0.2) is 0 Å². The van der Waals surface area contributed by atoms with Gasteiger partial charge in [0.15, 0.2) is 0 Å². The summed E-state index contributed by atoms with van der Waals surface area (Å²) in [5.41, 5.74) is 5.95. The van der Waals surface area contributed by atoms with Gasteiger partial charge in [0.25, 0.3) is 0 Å². The van der Waals surface area contributed by atoms with E-state index in [1.807, 2.05) is 4.90 Å². The molecule has 0 radical (unpaired) electrons. The number of amides is 1. The van der Waals surface area contributed by atoms with Gasteiger partial charge in [0.2, 0.25) is 5.91 Å². The largest absolute Gasteiger partial charge is 0.341 e. The van der Waals surface area contributed by atoms with Crippen molar-refractivity contribution in [2.75, 3.05) is 13.1 Å². The summed E-state index contributed by atoms with van der Waals surface area (Å²) >= 11 is 0. The fraction of sp³-hybridized carbons (Fsp3) is 0.923. The van der Waals surface area contributed by atoms with Crippen LogP contribution in [0.4, 0.5) is 0 Å². The van der Waals surface area contributed by atoms with Gasteiger partial charge < -0.3 is 10.6 Å². The number of hydrogen-bond donors (Lipinski definition) is 1. The van der Waals surface area contributed by atoms with Gasteiger partial charge in [-0.1, -0.05) is 40.0 Å². The SMILES string of the molecule is CCCCCC(C)(C)CN1CCC(N)C1=O. The van der Waals surface area contributed by atoms with Gasteiger partial charge in [-0.15, -0.1) is 0 Å². The Morgan fingerprint density at radius 1 is 1.44 bits per heavy atom. The third-order valence-corrected chi connectivity index (χ3v) is 3.41. The smallest absolute Gasteiger partial charge is 0.239 e. The molecule has 1 saturated heterocycles. The van der Waals surface area contributed by atoms with Crippen molar-refractivity contribution < 1.29 is 4.79 Å². The fourth-order valence-electron chi connectivity index (χ4n) is 2.37. The Morgan fingerprint density at radius 3 is 2.62 bits per heavy atom. The van der Waals surface area contributed by atoms with Crippen LogP contribution >= 0.6 is 0 Å². The second-order valence-electron chi connectivity index (χ2n) is 5.78. The Morgan fingerprint density at radius 2 is 2.12 bits per heavy atom. The summed E-state index contributed by atoms with van der Waals surface area (Å²) in [7, 11) is 0. The summed E-state index contributed by atoms with van der Waals surface area (Å²) < 4.78 is 0. The van der Waals surface area contributed by atoms with Crippen LogP contribution in [0.2, 0.25) is 0 Å². The first-order valence-electron chi connectivity index (χ1n) is 6.50. The summed E-state index contributed by atoms with van der Waals surface area (Å²) in [5, 5.41) is 0. The van der Waals surface area contributed by atoms with Gasteiger partial charge in [-0.05, 0) is 18.3 Å². The van der Waals surface area contributed by atoms with Crippen molar-refractivity contribution in [2.24, 2.45) is 11.1 Å². The molecule has 3 heteroatoms. The van der Waals surface area contributed by atoms with Crippen molar-refractivity contribution in [3.8, 4) is 0 Å². The minimum Gasteiger partial charge on any atom is -0.341 e. The quantitative estimate of drug-likeness (QED) is 0.705. The maximum atomic E-state index is 11.7. The number of likely N-dealkylation sites (tertiary alicyclic amines) is 1. The molecule has 0 spiro atoms. The lowest BCUT2D eigenvalue weighted by Gasteiger charge is -2.30. The molecule has 1 fully saturated rings. The van der Waals surface area contributed by atoms with Crippen molar-refractivity contribution in [3.63, 3.8) is 0 Å². The molecule has 1 aliphatic heterocycles. The van der Waals surface area contributed by atoms with Crippen LogP contribution in [0.5, 0.6) is 0 Å². The third kappa shape index (κ3) is 3.78. The predicted molar refractivity (Wildman–Crippen MR) is 67.1 cm³/mol. The number of rotatable bonds is 6. The topological polar surface area (TPSA) is 46.3 Å². The van der Waals surface area contributed by atoms with Crippen LogP contribution in [0.25, 0.3) is 0 Å². The number of nitrogens with two attached hydrogens (primary N) is 1. The molecule has 1 rings (SSSR count). The van der Waals surface area contributed by atoms with E-state index in [1.54, 1.807) is 0 Å². The average Bonchev–Trinajstić information content (AvgIpc) is 2.49. The molecule has 3 nitrogen and oxygen atoms in total. The molecular formula is C13H26N2O. The van der Waals surface area contributed by atoms with Crippen molar-refractivity contribution in [3.05, 3.63) is 0 Å². The number of carbonyl (C=O) groups is 1. The Bertz CT molecular complexity index is 238. The molecule has 16 heavy (non-hydrogen) atoms. The van der Waals surface area contributed by atoms with E-state index < -0.39 is 0 Å². The van der Waals surface area contributed by atoms with Crippen molar-refractivity contribution in [1.82, 2.24) is 4.90 Å². The van der Waals surface area contributed by atoms with E-state index in [2.05, 4.69) is 20.8 Å². The number of nitrogens with zero attached hydrogens (tertiary/aromatic N) is 1. The standard InChI is InChI=1S/C13H26N2O/c1-4-5-6-8-13(2,3)10-15-9-7-11(14)12(15)16/h11H,4-10,14H2,1-3H3. The second kappa shape index (κ2) is 5.67. The summed E-state index contributed by atoms with van der Waals surface area (Å²) in [5.74, 6) is 0.142. The van der Waals surface area contributed by atoms with Crippen molar-refractivity contribution >= 4 is 5.91 Å². The lowest BCUT2D eigenvalue weighted by atomic mass is 9.86. The van der Waals surface area contributed by atoms with Gasteiger partial charge in [0.1, 0.15) is 0 Å². The molecule has 1 heterocycles. The first kappa shape index (κ1) is 13.5. The van der Waals surface area contributed by atoms with E-state index in [1.165, 1.54) is 25.7 Å². The normalized spacial score (nSPS) is 21.9. The lowest BCUT2D eigenvalue weighted by molar-refractivity contribution is -0.130. The zero-order chi connectivity index (χ0) is 12.2. The summed E-state index contributed by atoms with van der Waals surface area (Å²) in [6, 6.07) is -0.244. The highest BCUT2D eigenvalue weighted by molar-refractivity contribution is 5.83. The minimum absolute atomic E-state index is 0.142. The Labute approximate surface area is 99.4 Å². The first-order chi connectivity index (χ1) is 7.46. The number of carbonyl (C=O) groups excluding carboxylic acids is 1. The van der Waals surface area contributed by atoms with Crippen LogP contribution in [0.1, 0.15) is 52.9 Å². The molecule has 0 aliphatic carbocycles. The average molecular weight is 226 g/mol. The predicted octanol–water partition coefficient (Wildman–Crippen LogP) is 2.15. The van der Waals surface area contributed by atoms with Gasteiger partial charge >= 0.3 is 0 Å². The van der Waals surface area contributed by atoms with E-state index in [0.717, 1.165) is 19.5 Å². The van der Waals surface area contributed by atoms with Crippen LogP contribution < -0.4 is 5.73 Å². The van der Waals surface area contributed by atoms with Crippen LogP contribution in [-0.4, -0.2) is 29.9 Å². The van der Waals surface area contributed by atoms with Crippen LogP contribution in [0.3, 0.4) is 0 Å². The molecule has 2 N–H and O–H groups in total. The maximum absolute atomic E-state index is 11.7. The molecule has 94 valence electrons. The molecular weight excluding hydrogens is 200 g/mol. The zero-order valence-electron chi connectivity index (χ0n) is 11.0. The van der Waals surface area contributed by atoms with Gasteiger partial charge in [0, 0.05) is 13.1 Å². The highest BCUT2D eigenvalue weighted by Crippen LogP contribution is 2.26. The molecule has 0 aromatic rings. The van der Waals surface area contributed by atoms with E-state index in [-0.39, 0.29) is 17.4 Å². The van der Waals surface area contributed by atoms with Gasteiger partial charge in [-0.25, -0.2) is 0 Å². The molecule has 1 amide bonds. The van der Waals surface area contributed by atoms with E-state index >= 15 is 0 Å². The first-order valence-corrected chi connectivity index (χ1v) is 6.50. The summed E-state index contributed by atoms with van der Waals surface area (Å²) in [4.78, 5) is 13.7. The zero-order valence-corrected chi connectivity index (χ0v) is 11.0. The fourth-order valence-corrected chi connectivity index (χ4v) is 2.37. The summed E-state index contributed by atoms with van der Waals surface area (Å²) in [6.45, 7) is 8.43. The Balaban J connectivity index is 2.37. The van der Waals surface area contributed by atoms with Gasteiger partial charge in [0.05, 0.1) is 6.04 Å². The molecule has 1 unspecified atom stereocenters. The van der Waals surface area contributed by atoms with Crippen molar-refractivity contribution in [2.45, 2.75) is 58.9 Å². The molecule has 0 bridgehead atoms. The monoisotopic (exact) mass is 226 g/mol. The lowest BCUT2D eigenvalue weighted by Crippen LogP contribution is -2.39. The highest BCUT2D eigenvalue weighted by Gasteiger charge is 2.32. The maximum Gasteiger partial charge on any atom is 0.239 e. The molecule has 0 aromatic carbocycles. The number of hydrogen-bond acceptors (Lipinski definition) is 2. The molecule has 1 atom stereocenters.